The van der Waals surface area contributed by atoms with Gasteiger partial charge in [-0.15, -0.1) is 0 Å². The number of carboxylic acid groups (broad SMARTS) is 1. The maximum absolute atomic E-state index is 12.0. The Morgan fingerprint density at radius 1 is 1.00 bits per heavy atom. The van der Waals surface area contributed by atoms with E-state index in [4.69, 9.17) is 9.47 Å². The van der Waals surface area contributed by atoms with Crippen molar-refractivity contribution in [2.75, 3.05) is 19.0 Å². The minimum absolute atomic E-state index is 0.0628. The van der Waals surface area contributed by atoms with Crippen LogP contribution in [0.2, 0.25) is 0 Å². The normalized spacial score (nSPS) is 12.3. The molecule has 170 valence electrons. The summed E-state index contributed by atoms with van der Waals surface area (Å²) in [6, 6.07) is 9.43. The number of hydrogen-bond donors (Lipinski definition) is 2. The van der Waals surface area contributed by atoms with Gasteiger partial charge in [-0.3, -0.25) is 9.78 Å². The van der Waals surface area contributed by atoms with Crippen LogP contribution in [-0.2, 0) is 21.2 Å². The molecule has 9 heteroatoms. The van der Waals surface area contributed by atoms with Crippen LogP contribution in [-0.4, -0.2) is 49.5 Å². The number of carbonyl (C=O) groups is 1. The Balaban J connectivity index is 1.73. The molecule has 0 fully saturated rings. The lowest BCUT2D eigenvalue weighted by Gasteiger charge is -2.15. The van der Waals surface area contributed by atoms with Crippen molar-refractivity contribution in [3.8, 4) is 11.5 Å². The molecule has 0 saturated heterocycles. The quantitative estimate of drug-likeness (QED) is 0.401. The van der Waals surface area contributed by atoms with Crippen molar-refractivity contribution in [1.29, 1.82) is 0 Å². The van der Waals surface area contributed by atoms with Gasteiger partial charge in [0.25, 0.3) is 0 Å². The van der Waals surface area contributed by atoms with Gasteiger partial charge in [-0.05, 0) is 55.5 Å². The molecule has 0 unspecified atom stereocenters. The molecule has 8 nitrogen and oxygen atoms in total. The number of benzene rings is 1. The first-order chi connectivity index (χ1) is 14.9. The molecule has 0 radical (unpaired) electrons. The van der Waals surface area contributed by atoms with Crippen molar-refractivity contribution in [2.24, 2.45) is 0 Å². The summed E-state index contributed by atoms with van der Waals surface area (Å²) in [5.41, 5.74) is 0.712. The predicted octanol–water partition coefficient (Wildman–Crippen LogP) is 3.03. The van der Waals surface area contributed by atoms with Gasteiger partial charge in [0.05, 0.1) is 19.0 Å². The fraction of sp³-hybridized carbons (Fsp3) is 0.455. The molecule has 31 heavy (non-hydrogen) atoms. The maximum atomic E-state index is 12.0. The number of nitrogens with zero attached hydrogens (tertiary/aromatic N) is 1. The number of aromatic nitrogens is 1. The molecule has 0 aliphatic heterocycles. The first-order valence-electron chi connectivity index (χ1n) is 10.4. The number of nitrogens with one attached hydrogen (secondary N) is 1. The largest absolute Gasteiger partial charge is 0.494 e. The predicted molar refractivity (Wildman–Crippen MR) is 118 cm³/mol. The van der Waals surface area contributed by atoms with E-state index in [0.29, 0.717) is 30.9 Å². The third kappa shape index (κ3) is 9.80. The average molecular weight is 451 g/mol. The summed E-state index contributed by atoms with van der Waals surface area (Å²) in [5.74, 6) is 0.190. The monoisotopic (exact) mass is 450 g/mol. The number of unbranched alkanes of at least 4 members (excludes halogenated alkanes) is 2. The molecular formula is C22H30N2O6S. The lowest BCUT2D eigenvalue weighted by atomic mass is 10.1. The summed E-state index contributed by atoms with van der Waals surface area (Å²) in [6.45, 7) is 3.01. The van der Waals surface area contributed by atoms with E-state index in [1.54, 1.807) is 36.7 Å². The van der Waals surface area contributed by atoms with E-state index >= 15 is 0 Å². The van der Waals surface area contributed by atoms with Gasteiger partial charge in [0.1, 0.15) is 17.5 Å². The molecule has 0 bridgehead atoms. The highest BCUT2D eigenvalue weighted by Gasteiger charge is 2.24. The molecule has 2 rings (SSSR count). The van der Waals surface area contributed by atoms with E-state index in [0.717, 1.165) is 25.0 Å². The van der Waals surface area contributed by atoms with Crippen LogP contribution in [0.5, 0.6) is 11.5 Å². The van der Waals surface area contributed by atoms with Crippen LogP contribution >= 0.6 is 0 Å². The third-order valence-corrected chi connectivity index (χ3v) is 5.95. The Kier molecular flexibility index (Phi) is 10.3. The van der Waals surface area contributed by atoms with Crippen LogP contribution in [0.1, 0.15) is 38.2 Å². The first-order valence-corrected chi connectivity index (χ1v) is 12.0. The molecular weight excluding hydrogens is 420 g/mol. The molecule has 1 aromatic carbocycles. The van der Waals surface area contributed by atoms with Crippen molar-refractivity contribution in [3.63, 3.8) is 0 Å². The number of aliphatic carboxylic acids is 1. The van der Waals surface area contributed by atoms with Gasteiger partial charge in [0.15, 0.2) is 0 Å². The molecule has 0 spiro atoms. The van der Waals surface area contributed by atoms with Gasteiger partial charge in [0, 0.05) is 12.4 Å². The van der Waals surface area contributed by atoms with Gasteiger partial charge in [-0.2, -0.15) is 0 Å². The van der Waals surface area contributed by atoms with Crippen LogP contribution in [0.4, 0.5) is 0 Å². The number of carboxylic acids is 1. The number of hydrogen-bond acceptors (Lipinski definition) is 6. The molecule has 1 atom stereocenters. The average Bonchev–Trinajstić information content (AvgIpc) is 2.76. The van der Waals surface area contributed by atoms with E-state index in [2.05, 4.69) is 9.71 Å². The second kappa shape index (κ2) is 12.9. The summed E-state index contributed by atoms with van der Waals surface area (Å²) >= 11 is 0. The third-order valence-electron chi connectivity index (χ3n) is 4.48. The molecule has 0 saturated carbocycles. The van der Waals surface area contributed by atoms with E-state index in [9.17, 15) is 18.3 Å². The molecule has 0 aliphatic rings. The molecule has 0 aliphatic carbocycles. The van der Waals surface area contributed by atoms with E-state index in [1.807, 2.05) is 19.1 Å². The fourth-order valence-electron chi connectivity index (χ4n) is 2.77. The second-order valence-electron chi connectivity index (χ2n) is 7.12. The summed E-state index contributed by atoms with van der Waals surface area (Å²) < 4.78 is 37.6. The van der Waals surface area contributed by atoms with Gasteiger partial charge in [-0.25, -0.2) is 13.1 Å². The van der Waals surface area contributed by atoms with Crippen molar-refractivity contribution < 1.29 is 27.8 Å². The van der Waals surface area contributed by atoms with Gasteiger partial charge < -0.3 is 14.6 Å². The summed E-state index contributed by atoms with van der Waals surface area (Å²) in [4.78, 5) is 15.4. The zero-order chi connectivity index (χ0) is 22.5. The van der Waals surface area contributed by atoms with Crippen molar-refractivity contribution >= 4 is 16.0 Å². The van der Waals surface area contributed by atoms with E-state index in [-0.39, 0.29) is 12.2 Å². The highest BCUT2D eigenvalue weighted by molar-refractivity contribution is 7.89. The zero-order valence-electron chi connectivity index (χ0n) is 17.7. The number of rotatable bonds is 15. The Morgan fingerprint density at radius 3 is 2.13 bits per heavy atom. The van der Waals surface area contributed by atoms with Crippen molar-refractivity contribution in [1.82, 2.24) is 9.71 Å². The van der Waals surface area contributed by atoms with Crippen molar-refractivity contribution in [3.05, 3.63) is 54.4 Å². The molecule has 2 N–H and O–H groups in total. The lowest BCUT2D eigenvalue weighted by molar-refractivity contribution is -0.138. The maximum Gasteiger partial charge on any atom is 0.322 e. The van der Waals surface area contributed by atoms with Crippen LogP contribution in [0.25, 0.3) is 0 Å². The fourth-order valence-corrected chi connectivity index (χ4v) is 4.17. The zero-order valence-corrected chi connectivity index (χ0v) is 18.5. The highest BCUT2D eigenvalue weighted by Crippen LogP contribution is 2.15. The summed E-state index contributed by atoms with van der Waals surface area (Å²) in [6.07, 6.45) is 6.31. The second-order valence-corrected chi connectivity index (χ2v) is 8.99. The van der Waals surface area contributed by atoms with E-state index < -0.39 is 22.0 Å². The highest BCUT2D eigenvalue weighted by atomic mass is 32.2. The van der Waals surface area contributed by atoms with Crippen LogP contribution in [0.15, 0.2) is 48.8 Å². The Bertz CT molecular complexity index is 888. The van der Waals surface area contributed by atoms with Crippen LogP contribution in [0.3, 0.4) is 0 Å². The smallest absolute Gasteiger partial charge is 0.322 e. The SMILES string of the molecule is CCCCS(=O)(=O)N[C@@H](Cc1ccc(OCCCCOc2ccncc2)cc1)C(=O)O. The summed E-state index contributed by atoms with van der Waals surface area (Å²) in [7, 11) is -3.62. The molecule has 1 heterocycles. The topological polar surface area (TPSA) is 115 Å². The number of pyridine rings is 1. The van der Waals surface area contributed by atoms with Crippen LogP contribution in [0, 0.1) is 0 Å². The number of sulfonamides is 1. The molecule has 0 amide bonds. The van der Waals surface area contributed by atoms with Gasteiger partial charge >= 0.3 is 5.97 Å². The Hall–Kier alpha value is -2.65. The van der Waals surface area contributed by atoms with Crippen LogP contribution < -0.4 is 14.2 Å². The number of ether oxygens (including phenoxy) is 2. The van der Waals surface area contributed by atoms with Gasteiger partial charge in [-0.1, -0.05) is 25.5 Å². The molecule has 2 aromatic rings. The Labute approximate surface area is 183 Å². The Morgan fingerprint density at radius 2 is 1.58 bits per heavy atom. The molecule has 1 aromatic heterocycles. The summed E-state index contributed by atoms with van der Waals surface area (Å²) in [5, 5.41) is 9.37. The van der Waals surface area contributed by atoms with Gasteiger partial charge in [0.2, 0.25) is 10.0 Å². The minimum Gasteiger partial charge on any atom is -0.494 e. The van der Waals surface area contributed by atoms with E-state index in [1.165, 1.54) is 0 Å². The van der Waals surface area contributed by atoms with Crippen molar-refractivity contribution in [2.45, 2.75) is 45.1 Å². The standard InChI is InChI=1S/C22H30N2O6S/c1-2-3-16-31(27,28)24-21(22(25)26)17-18-6-8-19(9-7-18)29-14-4-5-15-30-20-10-12-23-13-11-20/h6-13,21,24H,2-5,14-17H2,1H3,(H,25,26)/t21-/m0/s1. The lowest BCUT2D eigenvalue weighted by Crippen LogP contribution is -2.43. The minimum atomic E-state index is -3.62. The first kappa shape index (κ1) is 24.6.